The van der Waals surface area contributed by atoms with Gasteiger partial charge in [-0.3, -0.25) is 19.1 Å². The summed E-state index contributed by atoms with van der Waals surface area (Å²) in [5.74, 6) is 0.471. The first-order valence-electron chi connectivity index (χ1n) is 9.59. The Morgan fingerprint density at radius 2 is 1.97 bits per heavy atom. The van der Waals surface area contributed by atoms with E-state index in [2.05, 4.69) is 11.5 Å². The van der Waals surface area contributed by atoms with E-state index in [1.165, 1.54) is 21.2 Å². The van der Waals surface area contributed by atoms with Gasteiger partial charge < -0.3 is 9.64 Å². The van der Waals surface area contributed by atoms with Gasteiger partial charge in [-0.05, 0) is 32.4 Å². The average Bonchev–Trinajstić information content (AvgIpc) is 2.93. The van der Waals surface area contributed by atoms with Crippen LogP contribution in [0.1, 0.15) is 30.5 Å². The molecule has 3 rings (SSSR count). The van der Waals surface area contributed by atoms with Crippen molar-refractivity contribution in [3.8, 4) is 6.07 Å². The summed E-state index contributed by atoms with van der Waals surface area (Å²) in [5, 5.41) is 9.57. The van der Waals surface area contributed by atoms with Gasteiger partial charge in [-0.15, -0.1) is 6.58 Å². The first-order valence-corrected chi connectivity index (χ1v) is 10.8. The zero-order chi connectivity index (χ0) is 22.2. The first-order chi connectivity index (χ1) is 14.2. The number of pyridine rings is 1. The second kappa shape index (κ2) is 8.76. The second-order valence-electron chi connectivity index (χ2n) is 7.46. The lowest BCUT2D eigenvalue weighted by Crippen LogP contribution is -2.47. The van der Waals surface area contributed by atoms with E-state index in [-0.39, 0.29) is 29.2 Å². The lowest BCUT2D eigenvalue weighted by Gasteiger charge is -2.38. The van der Waals surface area contributed by atoms with Crippen LogP contribution in [0.4, 0.5) is 5.82 Å². The number of carbonyl (C=O) groups is 1. The van der Waals surface area contributed by atoms with Crippen LogP contribution in [-0.2, 0) is 16.6 Å². The van der Waals surface area contributed by atoms with Crippen molar-refractivity contribution in [2.75, 3.05) is 24.5 Å². The quantitative estimate of drug-likeness (QED) is 0.401. The number of aromatic nitrogens is 1. The van der Waals surface area contributed by atoms with Gasteiger partial charge in [-0.2, -0.15) is 5.26 Å². The number of morpholine rings is 1. The zero-order valence-electron chi connectivity index (χ0n) is 17.5. The van der Waals surface area contributed by atoms with Crippen molar-refractivity contribution in [3.63, 3.8) is 0 Å². The normalized spacial score (nSPS) is 23.2. The number of hydrogen-bond acceptors (Lipinski definition) is 7. The molecule has 2 saturated heterocycles. The number of amides is 1. The Hall–Kier alpha value is -2.41. The third-order valence-electron chi connectivity index (χ3n) is 5.15. The molecule has 0 spiro atoms. The summed E-state index contributed by atoms with van der Waals surface area (Å²) in [4.78, 5) is 29.7. The number of ether oxygens (including phenoxy) is 1. The van der Waals surface area contributed by atoms with Gasteiger partial charge in [-0.25, -0.2) is 0 Å². The van der Waals surface area contributed by atoms with Crippen LogP contribution in [0.3, 0.4) is 0 Å². The van der Waals surface area contributed by atoms with Crippen LogP contribution in [0.25, 0.3) is 6.08 Å². The van der Waals surface area contributed by atoms with Gasteiger partial charge in [0.15, 0.2) is 0 Å². The Morgan fingerprint density at radius 1 is 1.33 bits per heavy atom. The fourth-order valence-corrected chi connectivity index (χ4v) is 5.12. The van der Waals surface area contributed by atoms with Crippen molar-refractivity contribution in [3.05, 3.63) is 44.6 Å². The number of rotatable bonds is 4. The SMILES string of the molecule is C=CCN1C(=O)C(=Cc2c(C)c(C#N)c(=O)n(C)c2N2CC(C)OC(C)C2)SC1=S. The molecular weight excluding hydrogens is 420 g/mol. The fraction of sp³-hybridized carbons (Fsp3) is 0.429. The Balaban J connectivity index is 2.21. The molecule has 0 aromatic carbocycles. The highest BCUT2D eigenvalue weighted by Crippen LogP contribution is 2.36. The molecule has 2 aliphatic rings. The Bertz CT molecular complexity index is 1040. The van der Waals surface area contributed by atoms with E-state index in [1.54, 1.807) is 26.1 Å². The number of thiocarbonyl (C=S) groups is 1. The fourth-order valence-electron chi connectivity index (χ4n) is 3.86. The molecule has 158 valence electrons. The van der Waals surface area contributed by atoms with Gasteiger partial charge in [0.2, 0.25) is 0 Å². The molecule has 30 heavy (non-hydrogen) atoms. The molecule has 9 heteroatoms. The van der Waals surface area contributed by atoms with Gasteiger partial charge in [-0.1, -0.05) is 30.1 Å². The second-order valence-corrected chi connectivity index (χ2v) is 9.13. The molecule has 2 unspecified atom stereocenters. The van der Waals surface area contributed by atoms with Crippen LogP contribution in [0.2, 0.25) is 0 Å². The molecule has 1 aromatic heterocycles. The maximum atomic E-state index is 12.9. The third-order valence-corrected chi connectivity index (χ3v) is 6.53. The molecule has 2 atom stereocenters. The van der Waals surface area contributed by atoms with Crippen LogP contribution >= 0.6 is 24.0 Å². The number of nitrogens with zero attached hydrogens (tertiary/aromatic N) is 4. The summed E-state index contributed by atoms with van der Waals surface area (Å²) in [6.45, 7) is 10.9. The zero-order valence-corrected chi connectivity index (χ0v) is 19.1. The van der Waals surface area contributed by atoms with E-state index < -0.39 is 0 Å². The number of thioether (sulfide) groups is 1. The van der Waals surface area contributed by atoms with Crippen molar-refractivity contribution < 1.29 is 9.53 Å². The highest BCUT2D eigenvalue weighted by atomic mass is 32.2. The number of hydrogen-bond donors (Lipinski definition) is 0. The molecule has 2 aliphatic heterocycles. The minimum atomic E-state index is -0.354. The maximum absolute atomic E-state index is 12.9. The minimum absolute atomic E-state index is 0.0153. The van der Waals surface area contributed by atoms with E-state index in [4.69, 9.17) is 17.0 Å². The van der Waals surface area contributed by atoms with Gasteiger partial charge >= 0.3 is 0 Å². The molecule has 7 nitrogen and oxygen atoms in total. The van der Waals surface area contributed by atoms with E-state index >= 15 is 0 Å². The van der Waals surface area contributed by atoms with E-state index in [0.717, 1.165) is 0 Å². The molecule has 1 aromatic rings. The predicted octanol–water partition coefficient (Wildman–Crippen LogP) is 2.57. The molecule has 0 bridgehead atoms. The molecule has 2 fully saturated rings. The molecule has 0 N–H and O–H groups in total. The number of anilines is 1. The van der Waals surface area contributed by atoms with E-state index in [0.29, 0.717) is 45.8 Å². The molecule has 0 saturated carbocycles. The summed E-state index contributed by atoms with van der Waals surface area (Å²) < 4.78 is 7.80. The van der Waals surface area contributed by atoms with E-state index in [1.807, 2.05) is 19.9 Å². The maximum Gasteiger partial charge on any atom is 0.270 e. The Labute approximate surface area is 185 Å². The highest BCUT2D eigenvalue weighted by molar-refractivity contribution is 8.26. The smallest absolute Gasteiger partial charge is 0.270 e. The first kappa shape index (κ1) is 22.3. The van der Waals surface area contributed by atoms with E-state index in [9.17, 15) is 14.9 Å². The summed E-state index contributed by atoms with van der Waals surface area (Å²) in [7, 11) is 1.66. The highest BCUT2D eigenvalue weighted by Gasteiger charge is 2.33. The summed E-state index contributed by atoms with van der Waals surface area (Å²) in [6, 6.07) is 2.02. The van der Waals surface area contributed by atoms with Crippen LogP contribution < -0.4 is 10.5 Å². The molecule has 0 aliphatic carbocycles. The van der Waals surface area contributed by atoms with Gasteiger partial charge in [0.05, 0.1) is 17.1 Å². The van der Waals surface area contributed by atoms with Crippen molar-refractivity contribution >= 4 is 46.1 Å². The summed E-state index contributed by atoms with van der Waals surface area (Å²) in [6.07, 6.45) is 3.34. The topological polar surface area (TPSA) is 78.6 Å². The average molecular weight is 445 g/mol. The Kier molecular flexibility index (Phi) is 6.50. The Morgan fingerprint density at radius 3 is 2.53 bits per heavy atom. The standard InChI is InChI=1S/C21H24N4O3S2/c1-6-7-25-20(27)17(30-21(25)29)8-15-14(4)16(9-22)19(26)23(5)18(15)24-10-12(2)28-13(3)11-24/h6,8,12-13H,1,7,10-11H2,2-5H3. The summed E-state index contributed by atoms with van der Waals surface area (Å²) >= 11 is 6.55. The van der Waals surface area contributed by atoms with Crippen molar-refractivity contribution in [1.82, 2.24) is 9.47 Å². The largest absolute Gasteiger partial charge is 0.372 e. The lowest BCUT2D eigenvalue weighted by atomic mass is 10.0. The van der Waals surface area contributed by atoms with Crippen LogP contribution in [0, 0.1) is 18.3 Å². The number of carbonyl (C=O) groups excluding carboxylic acids is 1. The molecular formula is C21H24N4O3S2. The van der Waals surface area contributed by atoms with Crippen molar-refractivity contribution in [1.29, 1.82) is 5.26 Å². The van der Waals surface area contributed by atoms with Crippen LogP contribution in [-0.4, -0.2) is 51.5 Å². The van der Waals surface area contributed by atoms with Gasteiger partial charge in [0.25, 0.3) is 11.5 Å². The van der Waals surface area contributed by atoms with Gasteiger partial charge in [0, 0.05) is 32.2 Å². The lowest BCUT2D eigenvalue weighted by molar-refractivity contribution is -0.121. The monoisotopic (exact) mass is 444 g/mol. The van der Waals surface area contributed by atoms with Crippen LogP contribution in [0.5, 0.6) is 0 Å². The van der Waals surface area contributed by atoms with Crippen LogP contribution in [0.15, 0.2) is 22.4 Å². The van der Waals surface area contributed by atoms with Gasteiger partial charge in [0.1, 0.15) is 21.8 Å². The third kappa shape index (κ3) is 3.95. The molecule has 3 heterocycles. The van der Waals surface area contributed by atoms with Crippen molar-refractivity contribution in [2.24, 2.45) is 7.05 Å². The predicted molar refractivity (Wildman–Crippen MR) is 123 cm³/mol. The summed E-state index contributed by atoms with van der Waals surface area (Å²) in [5.41, 5.74) is 0.946. The van der Waals surface area contributed by atoms with Crippen molar-refractivity contribution in [2.45, 2.75) is 33.0 Å². The molecule has 0 radical (unpaired) electrons. The number of nitriles is 1. The molecule has 1 amide bonds. The minimum Gasteiger partial charge on any atom is -0.372 e.